The summed E-state index contributed by atoms with van der Waals surface area (Å²) < 4.78 is 11.0. The highest BCUT2D eigenvalue weighted by Crippen LogP contribution is 2.39. The Bertz CT molecular complexity index is 1030. The second kappa shape index (κ2) is 9.38. The van der Waals surface area contributed by atoms with E-state index in [2.05, 4.69) is 15.2 Å². The first-order valence-corrected chi connectivity index (χ1v) is 11.2. The number of thiazole rings is 1. The largest absolute Gasteiger partial charge is 0.455 e. The topological polar surface area (TPSA) is 80.8 Å². The minimum Gasteiger partial charge on any atom is -0.455 e. The Balaban J connectivity index is 1.51. The predicted octanol–water partition coefficient (Wildman–Crippen LogP) is 4.02. The number of benzene rings is 1. The van der Waals surface area contributed by atoms with Crippen LogP contribution in [0.4, 0.5) is 10.1 Å². The Kier molecular flexibility index (Phi) is 6.41. The van der Waals surface area contributed by atoms with Crippen LogP contribution in [0.2, 0.25) is 0 Å². The molecular formula is C21H21N3O4S2. The van der Waals surface area contributed by atoms with Crippen molar-refractivity contribution in [2.45, 2.75) is 13.5 Å². The maximum absolute atomic E-state index is 12.7. The van der Waals surface area contributed by atoms with Gasteiger partial charge in [0.15, 0.2) is 5.13 Å². The van der Waals surface area contributed by atoms with E-state index in [1.54, 1.807) is 5.38 Å². The van der Waals surface area contributed by atoms with Crippen molar-refractivity contribution in [2.75, 3.05) is 36.5 Å². The summed E-state index contributed by atoms with van der Waals surface area (Å²) in [5.41, 5.74) is 2.69. The molecule has 156 valence electrons. The maximum Gasteiger partial charge on any atom is 0.348 e. The van der Waals surface area contributed by atoms with Gasteiger partial charge >= 0.3 is 5.97 Å². The summed E-state index contributed by atoms with van der Waals surface area (Å²) >= 11 is 2.74. The van der Waals surface area contributed by atoms with E-state index in [0.717, 1.165) is 29.2 Å². The predicted molar refractivity (Wildman–Crippen MR) is 118 cm³/mol. The average molecular weight is 444 g/mol. The van der Waals surface area contributed by atoms with Crippen molar-refractivity contribution in [1.82, 2.24) is 4.98 Å². The van der Waals surface area contributed by atoms with E-state index in [0.29, 0.717) is 28.9 Å². The van der Waals surface area contributed by atoms with Crippen LogP contribution in [0.25, 0.3) is 11.1 Å². The van der Waals surface area contributed by atoms with Crippen molar-refractivity contribution >= 4 is 44.7 Å². The molecule has 0 saturated carbocycles. The molecule has 1 aliphatic rings. The molecule has 4 rings (SSSR count). The minimum atomic E-state index is -0.384. The van der Waals surface area contributed by atoms with Crippen molar-refractivity contribution in [3.63, 3.8) is 0 Å². The van der Waals surface area contributed by atoms with Crippen molar-refractivity contribution < 1.29 is 19.1 Å². The zero-order chi connectivity index (χ0) is 20.9. The van der Waals surface area contributed by atoms with Gasteiger partial charge in [-0.2, -0.15) is 0 Å². The Morgan fingerprint density at radius 3 is 2.73 bits per heavy atom. The molecule has 0 spiro atoms. The third kappa shape index (κ3) is 4.86. The van der Waals surface area contributed by atoms with Crippen LogP contribution in [0.1, 0.15) is 22.3 Å². The fourth-order valence-electron chi connectivity index (χ4n) is 3.10. The van der Waals surface area contributed by atoms with Gasteiger partial charge in [-0.25, -0.2) is 9.78 Å². The highest BCUT2D eigenvalue weighted by Gasteiger charge is 2.22. The lowest BCUT2D eigenvalue weighted by Gasteiger charge is -2.28. The number of nitrogens with zero attached hydrogens (tertiary/aromatic N) is 2. The lowest BCUT2D eigenvalue weighted by atomic mass is 10.1. The number of carbonyl (C=O) groups excluding carboxylic acids is 2. The van der Waals surface area contributed by atoms with E-state index in [-0.39, 0.29) is 18.5 Å². The van der Waals surface area contributed by atoms with Crippen LogP contribution in [0.15, 0.2) is 41.8 Å². The van der Waals surface area contributed by atoms with Gasteiger partial charge in [-0.15, -0.1) is 22.7 Å². The third-order valence-corrected chi connectivity index (χ3v) is 6.47. The number of nitrogens with one attached hydrogen (secondary N) is 1. The molecule has 3 aromatic rings. The molecular weight excluding hydrogens is 422 g/mol. The van der Waals surface area contributed by atoms with Crippen LogP contribution in [0.5, 0.6) is 0 Å². The average Bonchev–Trinajstić information content (AvgIpc) is 3.40. The molecule has 9 heteroatoms. The zero-order valence-corrected chi connectivity index (χ0v) is 18.1. The molecule has 1 aliphatic heterocycles. The number of carbonyl (C=O) groups is 2. The molecule has 3 heterocycles. The number of hydrogen-bond acceptors (Lipinski definition) is 8. The lowest BCUT2D eigenvalue weighted by Crippen LogP contribution is -2.35. The van der Waals surface area contributed by atoms with E-state index in [4.69, 9.17) is 9.47 Å². The molecule has 0 radical (unpaired) electrons. The summed E-state index contributed by atoms with van der Waals surface area (Å²) in [5, 5.41) is 5.93. The molecule has 30 heavy (non-hydrogen) atoms. The fourth-order valence-corrected chi connectivity index (χ4v) is 4.97. The summed E-state index contributed by atoms with van der Waals surface area (Å²) in [6, 6.07) is 11.9. The van der Waals surface area contributed by atoms with Gasteiger partial charge in [0.25, 0.3) is 0 Å². The number of morpholine rings is 1. The number of aromatic nitrogens is 1. The molecule has 1 amide bonds. The van der Waals surface area contributed by atoms with Crippen LogP contribution in [0, 0.1) is 0 Å². The minimum absolute atomic E-state index is 0.0559. The van der Waals surface area contributed by atoms with Gasteiger partial charge in [-0.1, -0.05) is 30.3 Å². The van der Waals surface area contributed by atoms with Gasteiger partial charge in [-0.3, -0.25) is 4.79 Å². The summed E-state index contributed by atoms with van der Waals surface area (Å²) in [7, 11) is 0. The Morgan fingerprint density at radius 2 is 2.00 bits per heavy atom. The van der Waals surface area contributed by atoms with E-state index in [9.17, 15) is 9.59 Å². The van der Waals surface area contributed by atoms with Crippen LogP contribution >= 0.6 is 22.7 Å². The first-order valence-electron chi connectivity index (χ1n) is 9.51. The number of ether oxygens (including phenoxy) is 2. The molecule has 0 aliphatic carbocycles. The number of rotatable bonds is 6. The van der Waals surface area contributed by atoms with Crippen molar-refractivity contribution in [3.8, 4) is 11.1 Å². The van der Waals surface area contributed by atoms with E-state index >= 15 is 0 Å². The van der Waals surface area contributed by atoms with Crippen LogP contribution < -0.4 is 10.2 Å². The molecule has 0 bridgehead atoms. The first kappa shape index (κ1) is 20.5. The smallest absolute Gasteiger partial charge is 0.348 e. The highest BCUT2D eigenvalue weighted by molar-refractivity contribution is 7.18. The summed E-state index contributed by atoms with van der Waals surface area (Å²) in [4.78, 5) is 30.9. The summed E-state index contributed by atoms with van der Waals surface area (Å²) in [6.45, 7) is 4.41. The van der Waals surface area contributed by atoms with Gasteiger partial charge in [0.2, 0.25) is 5.91 Å². The molecule has 1 N–H and O–H groups in total. The number of amides is 1. The SMILES string of the molecule is CC(=O)Nc1nc(COC(=O)c2cc(-c3ccccc3)c(N3CCOCC3)s2)cs1. The van der Waals surface area contributed by atoms with Gasteiger partial charge in [0.1, 0.15) is 11.5 Å². The van der Waals surface area contributed by atoms with Gasteiger partial charge in [-0.05, 0) is 11.6 Å². The molecule has 0 atom stereocenters. The summed E-state index contributed by atoms with van der Waals surface area (Å²) in [6.07, 6.45) is 0. The highest BCUT2D eigenvalue weighted by atomic mass is 32.1. The zero-order valence-electron chi connectivity index (χ0n) is 16.4. The molecule has 1 saturated heterocycles. The number of anilines is 2. The first-order chi connectivity index (χ1) is 14.6. The lowest BCUT2D eigenvalue weighted by molar-refractivity contribution is -0.114. The quantitative estimate of drug-likeness (QED) is 0.580. The second-order valence-corrected chi connectivity index (χ2v) is 8.58. The van der Waals surface area contributed by atoms with Crippen LogP contribution in [-0.4, -0.2) is 43.2 Å². The Hall–Kier alpha value is -2.75. The van der Waals surface area contributed by atoms with E-state index in [1.807, 2.05) is 36.4 Å². The number of thiophene rings is 1. The standard InChI is InChI=1S/C21H21N3O4S2/c1-14(25)22-21-23-16(13-29-21)12-28-20(26)18-11-17(15-5-3-2-4-6-15)19(30-18)24-7-9-27-10-8-24/h2-6,11,13H,7-10,12H2,1H3,(H,22,23,25). The monoisotopic (exact) mass is 443 g/mol. The van der Waals surface area contributed by atoms with Crippen LogP contribution in [0.3, 0.4) is 0 Å². The van der Waals surface area contributed by atoms with E-state index in [1.165, 1.54) is 29.6 Å². The molecule has 1 aromatic carbocycles. The van der Waals surface area contributed by atoms with Crippen molar-refractivity contribution in [3.05, 3.63) is 52.3 Å². The molecule has 7 nitrogen and oxygen atoms in total. The second-order valence-electron chi connectivity index (χ2n) is 6.70. The summed E-state index contributed by atoms with van der Waals surface area (Å²) in [5.74, 6) is -0.568. The van der Waals surface area contributed by atoms with E-state index < -0.39 is 0 Å². The Labute approximate surface area is 182 Å². The molecule has 0 unspecified atom stereocenters. The van der Waals surface area contributed by atoms with Gasteiger partial charge in [0.05, 0.1) is 23.9 Å². The van der Waals surface area contributed by atoms with Crippen molar-refractivity contribution in [2.24, 2.45) is 0 Å². The molecule has 2 aromatic heterocycles. The fraction of sp³-hybridized carbons (Fsp3) is 0.286. The maximum atomic E-state index is 12.7. The van der Waals surface area contributed by atoms with Crippen LogP contribution in [-0.2, 0) is 20.9 Å². The van der Waals surface area contributed by atoms with Gasteiger partial charge in [0, 0.05) is 31.0 Å². The normalized spacial score (nSPS) is 13.8. The number of hydrogen-bond donors (Lipinski definition) is 1. The Morgan fingerprint density at radius 1 is 1.23 bits per heavy atom. The third-order valence-electron chi connectivity index (χ3n) is 4.48. The van der Waals surface area contributed by atoms with Crippen molar-refractivity contribution in [1.29, 1.82) is 0 Å². The van der Waals surface area contributed by atoms with Gasteiger partial charge < -0.3 is 19.7 Å². The number of esters is 1. The molecule has 1 fully saturated rings.